The van der Waals surface area contributed by atoms with Gasteiger partial charge in [0.2, 0.25) is 0 Å². The minimum atomic E-state index is -0.212. The smallest absolute Gasteiger partial charge is 0.150 e. The van der Waals surface area contributed by atoms with Gasteiger partial charge in [-0.15, -0.1) is 11.3 Å². The summed E-state index contributed by atoms with van der Waals surface area (Å²) in [7, 11) is 3.40. The summed E-state index contributed by atoms with van der Waals surface area (Å²) in [5, 5.41) is 4.80. The second-order valence-electron chi connectivity index (χ2n) is 2.14. The van der Waals surface area contributed by atoms with Crippen LogP contribution in [0, 0.1) is 0 Å². The maximum Gasteiger partial charge on any atom is 0.150 e. The molecule has 0 aromatic carbocycles. The number of thiazole rings is 1. The summed E-state index contributed by atoms with van der Waals surface area (Å²) in [6.07, 6.45) is -0.212. The largest absolute Gasteiger partial charge is 0.380 e. The third kappa shape index (κ3) is 2.00. The summed E-state index contributed by atoms with van der Waals surface area (Å²) in [6.45, 7) is 0. The van der Waals surface area contributed by atoms with Crippen LogP contribution in [0.4, 0.5) is 0 Å². The van der Waals surface area contributed by atoms with Gasteiger partial charge in [0, 0.05) is 19.5 Å². The Balaban J connectivity index is 2.76. The number of aromatic nitrogens is 1. The Hall–Kier alpha value is -0.520. The van der Waals surface area contributed by atoms with E-state index >= 15 is 0 Å². The normalized spacial score (nSPS) is 12.5. The standard InChI is InChI=1S/C7H10N2OS2/c1-8-7(11)6(10-2)5-3-12-4-9-5/h3-4,6H,1-2H3,(H,8,11). The van der Waals surface area contributed by atoms with Gasteiger partial charge in [0.25, 0.3) is 0 Å². The SMILES string of the molecule is CNC(=S)C(OC)c1cscn1. The molecular weight excluding hydrogens is 192 g/mol. The molecule has 0 fully saturated rings. The van der Waals surface area contributed by atoms with Crippen molar-refractivity contribution >= 4 is 28.5 Å². The summed E-state index contributed by atoms with van der Waals surface area (Å²) in [6, 6.07) is 0. The minimum Gasteiger partial charge on any atom is -0.380 e. The molecule has 1 unspecified atom stereocenters. The molecule has 0 aliphatic heterocycles. The first-order valence-electron chi connectivity index (χ1n) is 3.42. The molecule has 0 aliphatic carbocycles. The molecule has 1 aromatic heterocycles. The van der Waals surface area contributed by atoms with E-state index in [2.05, 4.69) is 10.3 Å². The van der Waals surface area contributed by atoms with Crippen LogP contribution < -0.4 is 5.32 Å². The van der Waals surface area contributed by atoms with Gasteiger partial charge >= 0.3 is 0 Å². The monoisotopic (exact) mass is 202 g/mol. The zero-order valence-electron chi connectivity index (χ0n) is 6.90. The van der Waals surface area contributed by atoms with E-state index in [1.165, 1.54) is 11.3 Å². The summed E-state index contributed by atoms with van der Waals surface area (Å²) in [5.41, 5.74) is 2.63. The minimum absolute atomic E-state index is 0.212. The van der Waals surface area contributed by atoms with Gasteiger partial charge < -0.3 is 10.1 Å². The van der Waals surface area contributed by atoms with Crippen molar-refractivity contribution in [3.8, 4) is 0 Å². The van der Waals surface area contributed by atoms with Crippen LogP contribution in [0.3, 0.4) is 0 Å². The highest BCUT2D eigenvalue weighted by atomic mass is 32.1. The van der Waals surface area contributed by atoms with Crippen molar-refractivity contribution in [2.45, 2.75) is 6.10 Å². The van der Waals surface area contributed by atoms with Crippen molar-refractivity contribution in [3.05, 3.63) is 16.6 Å². The number of thiocarbonyl (C=S) groups is 1. The third-order valence-electron chi connectivity index (χ3n) is 1.44. The van der Waals surface area contributed by atoms with Crippen LogP contribution in [0.2, 0.25) is 0 Å². The Morgan fingerprint density at radius 1 is 1.83 bits per heavy atom. The molecule has 0 radical (unpaired) electrons. The summed E-state index contributed by atoms with van der Waals surface area (Å²) in [4.78, 5) is 4.78. The number of ether oxygens (including phenoxy) is 1. The molecule has 3 nitrogen and oxygen atoms in total. The van der Waals surface area contributed by atoms with E-state index in [0.717, 1.165) is 5.69 Å². The number of rotatable bonds is 3. The highest BCUT2D eigenvalue weighted by Gasteiger charge is 2.16. The Labute approximate surface area is 80.8 Å². The fraction of sp³-hybridized carbons (Fsp3) is 0.429. The van der Waals surface area contributed by atoms with E-state index in [4.69, 9.17) is 17.0 Å². The number of nitrogens with zero attached hydrogens (tertiary/aromatic N) is 1. The lowest BCUT2D eigenvalue weighted by Crippen LogP contribution is -2.25. The molecule has 0 saturated carbocycles. The maximum atomic E-state index is 5.19. The van der Waals surface area contributed by atoms with Crippen LogP contribution in [0.1, 0.15) is 11.8 Å². The van der Waals surface area contributed by atoms with E-state index in [1.54, 1.807) is 19.7 Å². The van der Waals surface area contributed by atoms with Crippen molar-refractivity contribution in [2.24, 2.45) is 0 Å². The highest BCUT2D eigenvalue weighted by molar-refractivity contribution is 7.80. The maximum absolute atomic E-state index is 5.19. The van der Waals surface area contributed by atoms with Gasteiger partial charge in [-0.25, -0.2) is 4.98 Å². The van der Waals surface area contributed by atoms with E-state index in [1.807, 2.05) is 5.38 Å². The number of hydrogen-bond acceptors (Lipinski definition) is 4. The lowest BCUT2D eigenvalue weighted by Gasteiger charge is -2.13. The van der Waals surface area contributed by atoms with Crippen molar-refractivity contribution < 1.29 is 4.74 Å². The van der Waals surface area contributed by atoms with E-state index in [0.29, 0.717) is 4.99 Å². The van der Waals surface area contributed by atoms with Gasteiger partial charge in [0.1, 0.15) is 11.1 Å². The van der Waals surface area contributed by atoms with Crippen LogP contribution in [0.15, 0.2) is 10.9 Å². The summed E-state index contributed by atoms with van der Waals surface area (Å²) in [5.74, 6) is 0. The lowest BCUT2D eigenvalue weighted by molar-refractivity contribution is 0.154. The van der Waals surface area contributed by atoms with Crippen molar-refractivity contribution in [2.75, 3.05) is 14.2 Å². The van der Waals surface area contributed by atoms with E-state index < -0.39 is 0 Å². The number of nitrogens with one attached hydrogen (secondary N) is 1. The zero-order valence-corrected chi connectivity index (χ0v) is 8.54. The van der Waals surface area contributed by atoms with Gasteiger partial charge in [0.15, 0.2) is 0 Å². The number of methoxy groups -OCH3 is 1. The first-order valence-corrected chi connectivity index (χ1v) is 4.77. The van der Waals surface area contributed by atoms with Crippen molar-refractivity contribution in [1.82, 2.24) is 10.3 Å². The average molecular weight is 202 g/mol. The van der Waals surface area contributed by atoms with Gasteiger partial charge in [-0.05, 0) is 0 Å². The molecule has 0 spiro atoms. The topological polar surface area (TPSA) is 34.1 Å². The molecule has 1 atom stereocenters. The second-order valence-corrected chi connectivity index (χ2v) is 3.30. The first-order chi connectivity index (χ1) is 5.79. The molecule has 66 valence electrons. The molecule has 12 heavy (non-hydrogen) atoms. The third-order valence-corrected chi connectivity index (χ3v) is 2.46. The quantitative estimate of drug-likeness (QED) is 0.751. The Bertz CT molecular complexity index is 248. The molecule has 0 amide bonds. The van der Waals surface area contributed by atoms with E-state index in [-0.39, 0.29) is 6.10 Å². The van der Waals surface area contributed by atoms with Crippen LogP contribution in [-0.2, 0) is 4.74 Å². The Morgan fingerprint density at radius 2 is 2.58 bits per heavy atom. The molecule has 5 heteroatoms. The van der Waals surface area contributed by atoms with Crippen LogP contribution in [0.5, 0.6) is 0 Å². The van der Waals surface area contributed by atoms with E-state index in [9.17, 15) is 0 Å². The zero-order chi connectivity index (χ0) is 8.97. The van der Waals surface area contributed by atoms with Crippen LogP contribution in [-0.4, -0.2) is 24.1 Å². The molecular formula is C7H10N2OS2. The Morgan fingerprint density at radius 3 is 3.00 bits per heavy atom. The molecule has 1 rings (SSSR count). The van der Waals surface area contributed by atoms with Gasteiger partial charge in [-0.1, -0.05) is 12.2 Å². The molecule has 0 bridgehead atoms. The lowest BCUT2D eigenvalue weighted by atomic mass is 10.3. The first kappa shape index (κ1) is 9.57. The van der Waals surface area contributed by atoms with Gasteiger partial charge in [-0.3, -0.25) is 0 Å². The summed E-state index contributed by atoms with van der Waals surface area (Å²) < 4.78 is 5.19. The fourth-order valence-corrected chi connectivity index (χ4v) is 1.63. The predicted molar refractivity (Wildman–Crippen MR) is 53.5 cm³/mol. The molecule has 0 aliphatic rings. The molecule has 1 N–H and O–H groups in total. The van der Waals surface area contributed by atoms with Crippen LogP contribution >= 0.6 is 23.6 Å². The molecule has 1 aromatic rings. The van der Waals surface area contributed by atoms with Gasteiger partial charge in [0.05, 0.1) is 11.2 Å². The van der Waals surface area contributed by atoms with Gasteiger partial charge in [-0.2, -0.15) is 0 Å². The highest BCUT2D eigenvalue weighted by Crippen LogP contribution is 2.16. The second kappa shape index (κ2) is 4.49. The van der Waals surface area contributed by atoms with Crippen molar-refractivity contribution in [1.29, 1.82) is 0 Å². The van der Waals surface area contributed by atoms with Crippen molar-refractivity contribution in [3.63, 3.8) is 0 Å². The Kier molecular flexibility index (Phi) is 3.58. The number of likely N-dealkylation sites (N-methyl/N-ethyl adjacent to an activating group) is 1. The summed E-state index contributed by atoms with van der Waals surface area (Å²) >= 11 is 6.59. The number of hydrogen-bond donors (Lipinski definition) is 1. The molecule has 1 heterocycles. The molecule has 0 saturated heterocycles. The fourth-order valence-electron chi connectivity index (χ4n) is 0.845. The average Bonchev–Trinajstić information content (AvgIpc) is 2.58. The predicted octanol–water partition coefficient (Wildman–Crippen LogP) is 1.38. The van der Waals surface area contributed by atoms with Crippen LogP contribution in [0.25, 0.3) is 0 Å².